The topological polar surface area (TPSA) is 63.1 Å². The van der Waals surface area contributed by atoms with E-state index in [1.807, 2.05) is 0 Å². The number of fused-ring (bicyclic) bond motifs is 1. The fourth-order valence-corrected chi connectivity index (χ4v) is 1.67. The molecule has 0 saturated carbocycles. The van der Waals surface area contributed by atoms with Gasteiger partial charge >= 0.3 is 5.97 Å². The molecule has 66 valence electrons. The van der Waals surface area contributed by atoms with Crippen molar-refractivity contribution in [2.45, 2.75) is 0 Å². The van der Waals surface area contributed by atoms with E-state index in [0.717, 1.165) is 23.8 Å². The number of rotatable bonds is 1. The van der Waals surface area contributed by atoms with Crippen molar-refractivity contribution in [3.05, 3.63) is 23.8 Å². The van der Waals surface area contributed by atoms with Crippen LogP contribution in [0.4, 0.5) is 4.39 Å². The van der Waals surface area contributed by atoms with E-state index in [4.69, 9.17) is 5.11 Å². The minimum absolute atomic E-state index is 0.146. The van der Waals surface area contributed by atoms with Crippen molar-refractivity contribution in [2.24, 2.45) is 0 Å². The second-order valence-electron chi connectivity index (χ2n) is 2.34. The van der Waals surface area contributed by atoms with Crippen molar-refractivity contribution in [1.82, 2.24) is 9.36 Å². The SMILES string of the molecule is O=C(O)c1nsc2ncc(F)cc12. The summed E-state index contributed by atoms with van der Waals surface area (Å²) in [7, 11) is 0. The van der Waals surface area contributed by atoms with Gasteiger partial charge in [0.2, 0.25) is 0 Å². The van der Waals surface area contributed by atoms with Crippen molar-refractivity contribution in [3.8, 4) is 0 Å². The smallest absolute Gasteiger partial charge is 0.356 e. The zero-order chi connectivity index (χ0) is 9.42. The molecule has 0 spiro atoms. The number of halogens is 1. The van der Waals surface area contributed by atoms with Crippen molar-refractivity contribution in [1.29, 1.82) is 0 Å². The number of hydrogen-bond acceptors (Lipinski definition) is 4. The molecule has 2 aromatic rings. The summed E-state index contributed by atoms with van der Waals surface area (Å²) < 4.78 is 16.3. The van der Waals surface area contributed by atoms with Crippen LogP contribution in [0.3, 0.4) is 0 Å². The normalized spacial score (nSPS) is 10.5. The van der Waals surface area contributed by atoms with Crippen LogP contribution < -0.4 is 0 Å². The van der Waals surface area contributed by atoms with E-state index in [9.17, 15) is 9.18 Å². The van der Waals surface area contributed by atoms with E-state index in [-0.39, 0.29) is 11.1 Å². The van der Waals surface area contributed by atoms with E-state index in [1.54, 1.807) is 0 Å². The number of carboxylic acids is 1. The fourth-order valence-electron chi connectivity index (χ4n) is 0.961. The predicted octanol–water partition coefficient (Wildman–Crippen LogP) is 1.53. The van der Waals surface area contributed by atoms with Gasteiger partial charge in [0.05, 0.1) is 6.20 Å². The summed E-state index contributed by atoms with van der Waals surface area (Å²) in [6.45, 7) is 0. The number of nitrogens with zero attached hydrogens (tertiary/aromatic N) is 2. The van der Waals surface area contributed by atoms with Gasteiger partial charge in [0.1, 0.15) is 10.6 Å². The summed E-state index contributed by atoms with van der Waals surface area (Å²) >= 11 is 0.942. The van der Waals surface area contributed by atoms with E-state index in [1.165, 1.54) is 0 Å². The molecule has 2 rings (SSSR count). The quantitative estimate of drug-likeness (QED) is 0.754. The Morgan fingerprint density at radius 3 is 3.08 bits per heavy atom. The molecule has 2 heterocycles. The first-order valence-electron chi connectivity index (χ1n) is 3.32. The predicted molar refractivity (Wildman–Crippen MR) is 44.3 cm³/mol. The van der Waals surface area contributed by atoms with Gasteiger partial charge in [-0.3, -0.25) is 0 Å². The average molecular weight is 198 g/mol. The van der Waals surface area contributed by atoms with E-state index < -0.39 is 11.8 Å². The third-order valence-electron chi connectivity index (χ3n) is 1.50. The van der Waals surface area contributed by atoms with Crippen LogP contribution in [0.15, 0.2) is 12.3 Å². The lowest BCUT2D eigenvalue weighted by Gasteiger charge is -1.89. The average Bonchev–Trinajstić information content (AvgIpc) is 2.46. The molecule has 0 saturated heterocycles. The first kappa shape index (κ1) is 8.06. The zero-order valence-corrected chi connectivity index (χ0v) is 7.01. The van der Waals surface area contributed by atoms with Crippen molar-refractivity contribution < 1.29 is 14.3 Å². The van der Waals surface area contributed by atoms with Gasteiger partial charge in [-0.25, -0.2) is 14.2 Å². The van der Waals surface area contributed by atoms with Gasteiger partial charge in [-0.2, -0.15) is 4.37 Å². The zero-order valence-electron chi connectivity index (χ0n) is 6.19. The molecule has 6 heteroatoms. The first-order valence-corrected chi connectivity index (χ1v) is 4.10. The summed E-state index contributed by atoms with van der Waals surface area (Å²) in [5.41, 5.74) is -0.146. The molecule has 0 amide bonds. The highest BCUT2D eigenvalue weighted by Crippen LogP contribution is 2.20. The molecule has 0 bridgehead atoms. The monoisotopic (exact) mass is 198 g/mol. The second kappa shape index (κ2) is 2.74. The van der Waals surface area contributed by atoms with Gasteiger partial charge in [0.15, 0.2) is 5.69 Å². The lowest BCUT2D eigenvalue weighted by Crippen LogP contribution is -1.96. The Balaban J connectivity index is 2.79. The summed E-state index contributed by atoms with van der Waals surface area (Å²) in [6.07, 6.45) is 1.03. The molecular weight excluding hydrogens is 195 g/mol. The third-order valence-corrected chi connectivity index (χ3v) is 2.27. The molecule has 0 fully saturated rings. The molecule has 0 atom stereocenters. The molecule has 0 unspecified atom stereocenters. The van der Waals surface area contributed by atoms with Gasteiger partial charge in [-0.05, 0) is 17.6 Å². The Morgan fingerprint density at radius 2 is 2.38 bits per heavy atom. The number of aromatic nitrogens is 2. The van der Waals surface area contributed by atoms with Crippen LogP contribution >= 0.6 is 11.5 Å². The van der Waals surface area contributed by atoms with E-state index in [0.29, 0.717) is 4.83 Å². The summed E-state index contributed by atoms with van der Waals surface area (Å²) in [4.78, 5) is 14.7. The van der Waals surface area contributed by atoms with Crippen LogP contribution in [0.1, 0.15) is 10.5 Å². The van der Waals surface area contributed by atoms with Crippen LogP contribution in [0, 0.1) is 5.82 Å². The molecule has 0 radical (unpaired) electrons. The van der Waals surface area contributed by atoms with E-state index in [2.05, 4.69) is 9.36 Å². The summed E-state index contributed by atoms with van der Waals surface area (Å²) in [5.74, 6) is -1.73. The molecule has 0 aliphatic rings. The molecule has 0 aliphatic heterocycles. The number of aromatic carboxylic acids is 1. The molecule has 0 aliphatic carbocycles. The van der Waals surface area contributed by atoms with Crippen LogP contribution in [-0.2, 0) is 0 Å². The number of carbonyl (C=O) groups is 1. The maximum Gasteiger partial charge on any atom is 0.356 e. The molecule has 0 aromatic carbocycles. The molecule has 2 aromatic heterocycles. The highest BCUT2D eigenvalue weighted by atomic mass is 32.1. The number of hydrogen-bond donors (Lipinski definition) is 1. The van der Waals surface area contributed by atoms with Crippen LogP contribution in [-0.4, -0.2) is 20.4 Å². The molecular formula is C7H3FN2O2S. The lowest BCUT2D eigenvalue weighted by molar-refractivity contribution is 0.0694. The largest absolute Gasteiger partial charge is 0.476 e. The summed E-state index contributed by atoms with van der Waals surface area (Å²) in [6, 6.07) is 1.12. The third kappa shape index (κ3) is 1.25. The fraction of sp³-hybridized carbons (Fsp3) is 0. The number of carboxylic acid groups (broad SMARTS) is 1. The highest BCUT2D eigenvalue weighted by molar-refractivity contribution is 7.13. The van der Waals surface area contributed by atoms with Crippen LogP contribution in [0.25, 0.3) is 10.2 Å². The van der Waals surface area contributed by atoms with Gasteiger partial charge < -0.3 is 5.11 Å². The van der Waals surface area contributed by atoms with E-state index >= 15 is 0 Å². The first-order chi connectivity index (χ1) is 6.18. The lowest BCUT2D eigenvalue weighted by atomic mass is 10.3. The highest BCUT2D eigenvalue weighted by Gasteiger charge is 2.13. The Morgan fingerprint density at radius 1 is 1.62 bits per heavy atom. The maximum absolute atomic E-state index is 12.7. The molecule has 1 N–H and O–H groups in total. The van der Waals surface area contributed by atoms with Crippen molar-refractivity contribution in [2.75, 3.05) is 0 Å². The van der Waals surface area contributed by atoms with Gasteiger partial charge in [0, 0.05) is 5.39 Å². The maximum atomic E-state index is 12.7. The molecule has 4 nitrogen and oxygen atoms in total. The standard InChI is InChI=1S/C7H3FN2O2S/c8-3-1-4-5(7(11)12)10-13-6(4)9-2-3/h1-2H,(H,11,12). The Bertz CT molecular complexity index is 482. The van der Waals surface area contributed by atoms with Crippen molar-refractivity contribution >= 4 is 27.7 Å². The van der Waals surface area contributed by atoms with Crippen molar-refractivity contribution in [3.63, 3.8) is 0 Å². The van der Waals surface area contributed by atoms with Gasteiger partial charge in [-0.1, -0.05) is 0 Å². The minimum atomic E-state index is -1.17. The Kier molecular flexibility index (Phi) is 1.70. The van der Waals surface area contributed by atoms with Crippen LogP contribution in [0.2, 0.25) is 0 Å². The van der Waals surface area contributed by atoms with Gasteiger partial charge in [0.25, 0.3) is 0 Å². The van der Waals surface area contributed by atoms with Gasteiger partial charge in [-0.15, -0.1) is 0 Å². The Labute approximate surface area is 75.8 Å². The minimum Gasteiger partial charge on any atom is -0.476 e. The Hall–Kier alpha value is -1.56. The number of pyridine rings is 1. The summed E-state index contributed by atoms with van der Waals surface area (Å²) in [5, 5.41) is 8.90. The van der Waals surface area contributed by atoms with Crippen LogP contribution in [0.5, 0.6) is 0 Å². The second-order valence-corrected chi connectivity index (χ2v) is 3.09. The molecule has 13 heavy (non-hydrogen) atoms.